The van der Waals surface area contributed by atoms with Crippen molar-refractivity contribution in [3.63, 3.8) is 0 Å². The van der Waals surface area contributed by atoms with Crippen molar-refractivity contribution < 1.29 is 18.8 Å². The van der Waals surface area contributed by atoms with E-state index in [-0.39, 0.29) is 18.0 Å². The average Bonchev–Trinajstić information content (AvgIpc) is 3.28. The summed E-state index contributed by atoms with van der Waals surface area (Å²) in [5, 5.41) is 7.10. The van der Waals surface area contributed by atoms with Crippen molar-refractivity contribution in [3.8, 4) is 5.75 Å². The van der Waals surface area contributed by atoms with Crippen LogP contribution in [0, 0.1) is 5.82 Å². The van der Waals surface area contributed by atoms with E-state index >= 15 is 0 Å². The number of para-hydroxylation sites is 2. The van der Waals surface area contributed by atoms with Crippen LogP contribution in [-0.2, 0) is 11.4 Å². The van der Waals surface area contributed by atoms with E-state index in [9.17, 15) is 9.18 Å². The van der Waals surface area contributed by atoms with Crippen LogP contribution in [0.25, 0.3) is 0 Å². The van der Waals surface area contributed by atoms with Gasteiger partial charge in [-0.05, 0) is 35.4 Å². The van der Waals surface area contributed by atoms with Crippen molar-refractivity contribution in [2.45, 2.75) is 19.1 Å². The van der Waals surface area contributed by atoms with Crippen LogP contribution in [0.5, 0.6) is 5.75 Å². The zero-order chi connectivity index (χ0) is 22.3. The largest absolute Gasteiger partial charge is 0.495 e. The summed E-state index contributed by atoms with van der Waals surface area (Å²) in [4.78, 5) is 20.5. The Morgan fingerprint density at radius 2 is 1.81 bits per heavy atom. The smallest absolute Gasteiger partial charge is 0.322 e. The number of ether oxygens (including phenoxy) is 1. The van der Waals surface area contributed by atoms with Gasteiger partial charge in [0.15, 0.2) is 6.10 Å². The van der Waals surface area contributed by atoms with E-state index in [0.29, 0.717) is 30.9 Å². The Morgan fingerprint density at radius 1 is 1.09 bits per heavy atom. The van der Waals surface area contributed by atoms with Crippen LogP contribution in [0.3, 0.4) is 0 Å². The molecule has 6 nitrogen and oxygen atoms in total. The van der Waals surface area contributed by atoms with E-state index < -0.39 is 0 Å². The number of carbonyl (C=O) groups excluding carboxylic acids is 1. The zero-order valence-electron chi connectivity index (χ0n) is 17.7. The molecule has 32 heavy (non-hydrogen) atoms. The van der Waals surface area contributed by atoms with Gasteiger partial charge in [-0.1, -0.05) is 59.8 Å². The third kappa shape index (κ3) is 5.24. The Balaban J connectivity index is 1.47. The third-order valence-corrected chi connectivity index (χ3v) is 5.19. The molecule has 0 saturated carbocycles. The molecule has 3 aromatic rings. The van der Waals surface area contributed by atoms with E-state index in [0.717, 1.165) is 16.8 Å². The monoisotopic (exact) mass is 433 g/mol. The molecule has 0 bridgehead atoms. The first-order valence-electron chi connectivity index (χ1n) is 10.3. The lowest BCUT2D eigenvalue weighted by molar-refractivity contribution is 0.0608. The Kier molecular flexibility index (Phi) is 6.65. The van der Waals surface area contributed by atoms with Crippen LogP contribution < -0.4 is 10.1 Å². The first kappa shape index (κ1) is 21.4. The van der Waals surface area contributed by atoms with Crippen LogP contribution in [0.1, 0.15) is 17.5 Å². The van der Waals surface area contributed by atoms with Crippen LogP contribution in [0.15, 0.2) is 84.0 Å². The van der Waals surface area contributed by atoms with Crippen LogP contribution in [-0.4, -0.2) is 36.4 Å². The lowest BCUT2D eigenvalue weighted by Gasteiger charge is -2.25. The number of oxime groups is 1. The highest BCUT2D eigenvalue weighted by Gasteiger charge is 2.27. The number of nitrogens with one attached hydrogen (secondary N) is 1. The number of halogens is 1. The molecule has 0 aliphatic carbocycles. The molecular formula is C25H24FN3O3. The molecule has 4 rings (SSSR count). The quantitative estimate of drug-likeness (QED) is 0.566. The number of methoxy groups -OCH3 is 1. The van der Waals surface area contributed by atoms with Gasteiger partial charge in [-0.25, -0.2) is 9.18 Å². The van der Waals surface area contributed by atoms with Gasteiger partial charge >= 0.3 is 6.03 Å². The van der Waals surface area contributed by atoms with Gasteiger partial charge in [-0.3, -0.25) is 0 Å². The fraction of sp³-hybridized carbons (Fsp3) is 0.200. The Morgan fingerprint density at radius 3 is 2.56 bits per heavy atom. The number of amides is 2. The highest BCUT2D eigenvalue weighted by atomic mass is 19.1. The van der Waals surface area contributed by atoms with E-state index in [1.54, 1.807) is 36.3 Å². The summed E-state index contributed by atoms with van der Waals surface area (Å²) >= 11 is 0. The minimum absolute atomic E-state index is 0.266. The minimum atomic E-state index is -0.304. The number of rotatable bonds is 7. The number of benzene rings is 3. The number of hydrogen-bond acceptors (Lipinski definition) is 4. The predicted molar refractivity (Wildman–Crippen MR) is 121 cm³/mol. The fourth-order valence-electron chi connectivity index (χ4n) is 3.55. The van der Waals surface area contributed by atoms with Gasteiger partial charge in [0.25, 0.3) is 0 Å². The van der Waals surface area contributed by atoms with Crippen molar-refractivity contribution in [1.29, 1.82) is 0 Å². The maximum Gasteiger partial charge on any atom is 0.322 e. The summed E-state index contributed by atoms with van der Waals surface area (Å²) < 4.78 is 18.6. The summed E-state index contributed by atoms with van der Waals surface area (Å²) in [6.07, 6.45) is 0.223. The van der Waals surface area contributed by atoms with Crippen molar-refractivity contribution in [1.82, 2.24) is 4.90 Å². The van der Waals surface area contributed by atoms with Gasteiger partial charge in [0, 0.05) is 13.0 Å². The average molecular weight is 433 g/mol. The summed E-state index contributed by atoms with van der Waals surface area (Å²) in [6.45, 7) is 0.748. The first-order chi connectivity index (χ1) is 15.6. The molecule has 1 heterocycles. The maximum atomic E-state index is 13.2. The lowest BCUT2D eigenvalue weighted by atomic mass is 10.0. The molecule has 0 fully saturated rings. The fourth-order valence-corrected chi connectivity index (χ4v) is 3.55. The first-order valence-corrected chi connectivity index (χ1v) is 10.3. The second-order valence-electron chi connectivity index (χ2n) is 7.47. The second-order valence-corrected chi connectivity index (χ2v) is 7.47. The maximum absolute atomic E-state index is 13.2. The van der Waals surface area contributed by atoms with Crippen LogP contribution in [0.4, 0.5) is 14.9 Å². The van der Waals surface area contributed by atoms with Crippen LogP contribution in [0.2, 0.25) is 0 Å². The SMILES string of the molecule is COc1ccccc1NC(=O)N(Cc1ccccc1)C[C@@H]1CC(c2ccc(F)cc2)=NO1. The number of anilines is 1. The molecule has 0 aromatic heterocycles. The third-order valence-electron chi connectivity index (χ3n) is 5.19. The molecule has 2 amide bonds. The molecule has 7 heteroatoms. The van der Waals surface area contributed by atoms with Crippen molar-refractivity contribution in [3.05, 3.63) is 95.8 Å². The highest BCUT2D eigenvalue weighted by molar-refractivity contribution is 6.01. The molecular weight excluding hydrogens is 409 g/mol. The van der Waals surface area contributed by atoms with Crippen molar-refractivity contribution in [2.75, 3.05) is 19.0 Å². The summed E-state index contributed by atoms with van der Waals surface area (Å²) in [6, 6.07) is 22.9. The van der Waals surface area contributed by atoms with E-state index in [2.05, 4.69) is 10.5 Å². The van der Waals surface area contributed by atoms with E-state index in [4.69, 9.17) is 9.57 Å². The molecule has 0 radical (unpaired) electrons. The second kappa shape index (κ2) is 9.96. The summed E-state index contributed by atoms with van der Waals surface area (Å²) in [5.41, 5.74) is 3.13. The Bertz CT molecular complexity index is 1090. The number of carbonyl (C=O) groups is 1. The van der Waals surface area contributed by atoms with Gasteiger partial charge in [-0.15, -0.1) is 0 Å². The van der Waals surface area contributed by atoms with Gasteiger partial charge in [0.1, 0.15) is 11.6 Å². The van der Waals surface area contributed by atoms with Crippen molar-refractivity contribution in [2.24, 2.45) is 5.16 Å². The standard InChI is InChI=1S/C25H24FN3O3/c1-31-24-10-6-5-9-22(24)27-25(30)29(16-18-7-3-2-4-8-18)17-21-15-23(28-32-21)19-11-13-20(26)14-12-19/h2-14,21H,15-17H2,1H3,(H,27,30)/t21-/m0/s1. The number of nitrogens with zero attached hydrogens (tertiary/aromatic N) is 2. The molecule has 164 valence electrons. The topological polar surface area (TPSA) is 63.2 Å². The predicted octanol–water partition coefficient (Wildman–Crippen LogP) is 5.06. The Hall–Kier alpha value is -3.87. The van der Waals surface area contributed by atoms with Crippen molar-refractivity contribution >= 4 is 17.4 Å². The van der Waals surface area contributed by atoms with Gasteiger partial charge in [0.2, 0.25) is 0 Å². The molecule has 1 atom stereocenters. The molecule has 1 N–H and O–H groups in total. The molecule has 1 aliphatic heterocycles. The molecule has 0 unspecified atom stereocenters. The summed E-state index contributed by atoms with van der Waals surface area (Å²) in [5.74, 6) is 0.284. The highest BCUT2D eigenvalue weighted by Crippen LogP contribution is 2.24. The number of hydrogen-bond donors (Lipinski definition) is 1. The minimum Gasteiger partial charge on any atom is -0.495 e. The lowest BCUT2D eigenvalue weighted by Crippen LogP contribution is -2.40. The summed E-state index contributed by atoms with van der Waals surface area (Å²) in [7, 11) is 1.56. The van der Waals surface area contributed by atoms with Gasteiger partial charge < -0.3 is 19.8 Å². The normalized spacial score (nSPS) is 14.9. The van der Waals surface area contributed by atoms with Crippen LogP contribution >= 0.6 is 0 Å². The molecule has 0 spiro atoms. The zero-order valence-corrected chi connectivity index (χ0v) is 17.7. The molecule has 1 aliphatic rings. The molecule has 0 saturated heterocycles. The number of urea groups is 1. The Labute approximate surface area is 186 Å². The van der Waals surface area contributed by atoms with E-state index in [1.165, 1.54) is 12.1 Å². The van der Waals surface area contributed by atoms with Gasteiger partial charge in [-0.2, -0.15) is 0 Å². The van der Waals surface area contributed by atoms with E-state index in [1.807, 2.05) is 42.5 Å². The van der Waals surface area contributed by atoms with Gasteiger partial charge in [0.05, 0.1) is 25.1 Å². The molecule has 3 aromatic carbocycles.